The molecule has 0 unspecified atom stereocenters. The summed E-state index contributed by atoms with van der Waals surface area (Å²) in [5.74, 6) is 0.103. The van der Waals surface area contributed by atoms with Crippen molar-refractivity contribution in [1.82, 2.24) is 10.2 Å². The number of carbonyl (C=O) groups is 1. The van der Waals surface area contributed by atoms with E-state index in [-0.39, 0.29) is 17.2 Å². The summed E-state index contributed by atoms with van der Waals surface area (Å²) in [5.41, 5.74) is 1.32. The molecule has 1 aliphatic heterocycles. The molecule has 0 saturated carbocycles. The highest BCUT2D eigenvalue weighted by molar-refractivity contribution is 8.00. The number of amides is 1. The Morgan fingerprint density at radius 1 is 1.24 bits per heavy atom. The van der Waals surface area contributed by atoms with Crippen molar-refractivity contribution in [1.29, 1.82) is 0 Å². The fraction of sp³-hybridized carbons (Fsp3) is 0.350. The van der Waals surface area contributed by atoms with Crippen molar-refractivity contribution < 1.29 is 4.79 Å². The minimum atomic E-state index is -0.121. The van der Waals surface area contributed by atoms with E-state index in [1.54, 1.807) is 11.8 Å². The third-order valence-electron chi connectivity index (χ3n) is 4.36. The highest BCUT2D eigenvalue weighted by Gasteiger charge is 2.25. The molecule has 1 N–H and O–H groups in total. The number of hydrogen-bond acceptors (Lipinski definition) is 3. The predicted octanol–water partition coefficient (Wildman–Crippen LogP) is 4.21. The van der Waals surface area contributed by atoms with E-state index in [1.807, 2.05) is 37.3 Å². The number of nitrogens with zero attached hydrogens (tertiary/aromatic N) is 1. The monoisotopic (exact) mass is 374 g/mol. The number of rotatable bonds is 6. The van der Waals surface area contributed by atoms with Crippen molar-refractivity contribution in [2.75, 3.05) is 13.1 Å². The molecule has 5 heteroatoms. The zero-order valence-electron chi connectivity index (χ0n) is 14.3. The van der Waals surface area contributed by atoms with Gasteiger partial charge in [-0.1, -0.05) is 41.9 Å². The minimum Gasteiger partial charge on any atom is -0.351 e. The summed E-state index contributed by atoms with van der Waals surface area (Å²) < 4.78 is 0. The predicted molar refractivity (Wildman–Crippen MR) is 105 cm³/mol. The van der Waals surface area contributed by atoms with E-state index in [2.05, 4.69) is 34.5 Å². The van der Waals surface area contributed by atoms with Gasteiger partial charge in [-0.2, -0.15) is 0 Å². The van der Waals surface area contributed by atoms with Gasteiger partial charge in [-0.25, -0.2) is 0 Å². The summed E-state index contributed by atoms with van der Waals surface area (Å²) in [7, 11) is 0. The molecule has 1 saturated heterocycles. The first-order chi connectivity index (χ1) is 12.1. The highest BCUT2D eigenvalue weighted by atomic mass is 35.5. The molecule has 3 rings (SSSR count). The molecule has 25 heavy (non-hydrogen) atoms. The minimum absolute atomic E-state index is 0.103. The summed E-state index contributed by atoms with van der Waals surface area (Å²) in [6.45, 7) is 4.84. The zero-order chi connectivity index (χ0) is 17.6. The average molecular weight is 375 g/mol. The molecular formula is C20H23ClN2OS. The van der Waals surface area contributed by atoms with Crippen molar-refractivity contribution in [3.8, 4) is 0 Å². The van der Waals surface area contributed by atoms with Crippen LogP contribution < -0.4 is 5.32 Å². The topological polar surface area (TPSA) is 32.3 Å². The molecule has 0 bridgehead atoms. The number of likely N-dealkylation sites (tertiary alicyclic amines) is 1. The lowest BCUT2D eigenvalue weighted by Crippen LogP contribution is -2.40. The molecule has 1 aliphatic rings. The second kappa shape index (κ2) is 8.75. The Morgan fingerprint density at radius 3 is 2.68 bits per heavy atom. The molecule has 2 aromatic rings. The van der Waals surface area contributed by atoms with E-state index in [0.29, 0.717) is 5.02 Å². The van der Waals surface area contributed by atoms with Crippen molar-refractivity contribution in [2.24, 2.45) is 0 Å². The molecule has 1 fully saturated rings. The van der Waals surface area contributed by atoms with Gasteiger partial charge in [-0.3, -0.25) is 9.69 Å². The Morgan fingerprint density at radius 2 is 1.96 bits per heavy atom. The van der Waals surface area contributed by atoms with Crippen LogP contribution in [0.2, 0.25) is 5.02 Å². The van der Waals surface area contributed by atoms with Gasteiger partial charge in [-0.05, 0) is 43.2 Å². The Kier molecular flexibility index (Phi) is 6.40. The smallest absolute Gasteiger partial charge is 0.233 e. The van der Waals surface area contributed by atoms with Gasteiger partial charge < -0.3 is 5.32 Å². The van der Waals surface area contributed by atoms with Crippen LogP contribution in [-0.4, -0.2) is 35.2 Å². The van der Waals surface area contributed by atoms with E-state index in [1.165, 1.54) is 5.56 Å². The van der Waals surface area contributed by atoms with Crippen molar-refractivity contribution in [2.45, 2.75) is 36.1 Å². The Bertz CT molecular complexity index is 693. The molecule has 1 heterocycles. The van der Waals surface area contributed by atoms with Crippen LogP contribution >= 0.6 is 23.4 Å². The average Bonchev–Trinajstić information content (AvgIpc) is 3.04. The lowest BCUT2D eigenvalue weighted by atomic mass is 10.2. The molecular weight excluding hydrogens is 352 g/mol. The quantitative estimate of drug-likeness (QED) is 0.768. The van der Waals surface area contributed by atoms with Gasteiger partial charge in [0.25, 0.3) is 0 Å². The Labute approximate surface area is 158 Å². The third kappa shape index (κ3) is 5.50. The van der Waals surface area contributed by atoms with Crippen LogP contribution in [0.4, 0.5) is 0 Å². The number of thioether (sulfide) groups is 1. The van der Waals surface area contributed by atoms with Crippen LogP contribution in [0.5, 0.6) is 0 Å². The molecule has 0 aromatic heterocycles. The molecule has 3 nitrogen and oxygen atoms in total. The normalized spacial score (nSPS) is 18.9. The van der Waals surface area contributed by atoms with Crippen LogP contribution in [-0.2, 0) is 11.3 Å². The largest absolute Gasteiger partial charge is 0.351 e. The molecule has 132 valence electrons. The molecule has 0 radical (unpaired) electrons. The first kappa shape index (κ1) is 18.3. The summed E-state index contributed by atoms with van der Waals surface area (Å²) in [5, 5.41) is 3.79. The zero-order valence-corrected chi connectivity index (χ0v) is 15.9. The summed E-state index contributed by atoms with van der Waals surface area (Å²) in [6, 6.07) is 18.3. The van der Waals surface area contributed by atoms with E-state index < -0.39 is 0 Å². The Hall–Kier alpha value is -1.49. The van der Waals surface area contributed by atoms with Crippen LogP contribution in [0.1, 0.15) is 18.9 Å². The molecule has 2 aromatic carbocycles. The maximum absolute atomic E-state index is 12.5. The first-order valence-electron chi connectivity index (χ1n) is 8.59. The van der Waals surface area contributed by atoms with E-state index >= 15 is 0 Å². The number of nitrogens with one attached hydrogen (secondary N) is 1. The molecule has 0 spiro atoms. The maximum Gasteiger partial charge on any atom is 0.233 e. The molecule has 1 amide bonds. The van der Waals surface area contributed by atoms with Crippen LogP contribution in [0.3, 0.4) is 0 Å². The van der Waals surface area contributed by atoms with Gasteiger partial charge in [0.2, 0.25) is 5.91 Å². The lowest BCUT2D eigenvalue weighted by molar-refractivity contribution is -0.120. The number of benzene rings is 2. The second-order valence-corrected chi connectivity index (χ2v) is 8.28. The lowest BCUT2D eigenvalue weighted by Gasteiger charge is -2.18. The van der Waals surface area contributed by atoms with Gasteiger partial charge in [0.15, 0.2) is 0 Å². The van der Waals surface area contributed by atoms with Crippen LogP contribution in [0.15, 0.2) is 59.5 Å². The fourth-order valence-corrected chi connectivity index (χ4v) is 4.03. The van der Waals surface area contributed by atoms with Crippen LogP contribution in [0.25, 0.3) is 0 Å². The van der Waals surface area contributed by atoms with Crippen molar-refractivity contribution >= 4 is 29.3 Å². The fourth-order valence-electron chi connectivity index (χ4n) is 3.03. The number of carbonyl (C=O) groups excluding carboxylic acids is 1. The van der Waals surface area contributed by atoms with E-state index in [0.717, 1.165) is 31.0 Å². The van der Waals surface area contributed by atoms with Crippen molar-refractivity contribution in [3.63, 3.8) is 0 Å². The summed E-state index contributed by atoms with van der Waals surface area (Å²) in [4.78, 5) is 15.9. The number of hydrogen-bond donors (Lipinski definition) is 1. The summed E-state index contributed by atoms with van der Waals surface area (Å²) in [6.07, 6.45) is 1.01. The SMILES string of the molecule is C[C@@H](Sc1ccc(Cl)cc1)C(=O)N[C@H]1CCN(Cc2ccccc2)C1. The molecule has 0 aliphatic carbocycles. The van der Waals surface area contributed by atoms with Gasteiger partial charge in [0, 0.05) is 35.6 Å². The van der Waals surface area contributed by atoms with Gasteiger partial charge in [-0.15, -0.1) is 11.8 Å². The maximum atomic E-state index is 12.5. The van der Waals surface area contributed by atoms with Crippen LogP contribution in [0, 0.1) is 0 Å². The first-order valence-corrected chi connectivity index (χ1v) is 9.85. The molecule has 2 atom stereocenters. The van der Waals surface area contributed by atoms with Gasteiger partial charge in [0.1, 0.15) is 0 Å². The Balaban J connectivity index is 1.45. The van der Waals surface area contributed by atoms with Gasteiger partial charge in [0.05, 0.1) is 5.25 Å². The second-order valence-electron chi connectivity index (χ2n) is 6.43. The third-order valence-corrected chi connectivity index (χ3v) is 5.73. The highest BCUT2D eigenvalue weighted by Crippen LogP contribution is 2.25. The van der Waals surface area contributed by atoms with Crippen molar-refractivity contribution in [3.05, 3.63) is 65.2 Å². The number of halogens is 1. The van der Waals surface area contributed by atoms with Gasteiger partial charge >= 0.3 is 0 Å². The van der Waals surface area contributed by atoms with E-state index in [4.69, 9.17) is 11.6 Å². The standard InChI is InChI=1S/C20H23ClN2OS/c1-15(25-19-9-7-17(21)8-10-19)20(24)22-18-11-12-23(14-18)13-16-5-3-2-4-6-16/h2-10,15,18H,11-14H2,1H3,(H,22,24)/t15-,18+/m1/s1. The van der Waals surface area contributed by atoms with E-state index in [9.17, 15) is 4.79 Å². The summed E-state index contributed by atoms with van der Waals surface area (Å²) >= 11 is 7.47.